The molecule has 0 aliphatic carbocycles. The number of benzene rings is 1. The van der Waals surface area contributed by atoms with Crippen LogP contribution >= 0.6 is 11.7 Å². The molecular weight excluding hydrogens is 198 g/mol. The van der Waals surface area contributed by atoms with Gasteiger partial charge in [0.1, 0.15) is 16.6 Å². The largest absolute Gasteiger partial charge is 0.257 e. The quantitative estimate of drug-likeness (QED) is 0.605. The Bertz CT molecular complexity index is 520. The van der Waals surface area contributed by atoms with Crippen LogP contribution < -0.4 is 0 Å². The van der Waals surface area contributed by atoms with Crippen molar-refractivity contribution in [3.63, 3.8) is 0 Å². The summed E-state index contributed by atoms with van der Waals surface area (Å²) < 4.78 is 8.52. The van der Waals surface area contributed by atoms with E-state index in [1.165, 1.54) is 11.7 Å². The highest BCUT2D eigenvalue weighted by Gasteiger charge is 2.13. The normalized spacial score (nSPS) is 11.6. The van der Waals surface area contributed by atoms with Crippen LogP contribution in [0.3, 0.4) is 0 Å². The molecule has 70 valence electrons. The molecule has 5 nitrogen and oxygen atoms in total. The van der Waals surface area contributed by atoms with Gasteiger partial charge in [-0.25, -0.2) is 0 Å². The van der Waals surface area contributed by atoms with Crippen molar-refractivity contribution in [2.75, 3.05) is 0 Å². The Kier molecular flexibility index (Phi) is 1.38. The van der Waals surface area contributed by atoms with E-state index in [2.05, 4.69) is 24.2 Å². The molecule has 0 amide bonds. The monoisotopic (exact) mass is 205 g/mol. The van der Waals surface area contributed by atoms with Crippen LogP contribution in [0.2, 0.25) is 0 Å². The van der Waals surface area contributed by atoms with E-state index in [-0.39, 0.29) is 0 Å². The Balaban J connectivity index is 2.72. The summed E-state index contributed by atoms with van der Waals surface area (Å²) in [7, 11) is 0. The van der Waals surface area contributed by atoms with Crippen LogP contribution in [0.5, 0.6) is 0 Å². The van der Waals surface area contributed by atoms with E-state index in [0.717, 1.165) is 33.2 Å². The molecule has 0 unspecified atom stereocenters. The maximum Gasteiger partial charge on any atom is 0.118 e. The predicted molar refractivity (Wildman–Crippen MR) is 54.3 cm³/mol. The number of aromatic nitrogens is 5. The molecule has 2 heterocycles. The molecule has 1 aromatic carbocycles. The zero-order valence-electron chi connectivity index (χ0n) is 7.70. The van der Waals surface area contributed by atoms with Crippen molar-refractivity contribution in [3.05, 3.63) is 11.1 Å². The van der Waals surface area contributed by atoms with Gasteiger partial charge in [0, 0.05) is 11.1 Å². The van der Waals surface area contributed by atoms with E-state index >= 15 is 0 Å². The summed E-state index contributed by atoms with van der Waals surface area (Å²) in [6.07, 6.45) is 0. The SMILES string of the molecule is Cc1c2nsnc2c(C)c2[nH]nnc12. The third kappa shape index (κ3) is 0.784. The molecule has 14 heavy (non-hydrogen) atoms. The van der Waals surface area contributed by atoms with Gasteiger partial charge in [0.05, 0.1) is 17.2 Å². The highest BCUT2D eigenvalue weighted by atomic mass is 32.1. The first kappa shape index (κ1) is 7.81. The Morgan fingerprint density at radius 3 is 2.50 bits per heavy atom. The number of H-pyrrole nitrogens is 1. The third-order valence-electron chi connectivity index (χ3n) is 2.48. The lowest BCUT2D eigenvalue weighted by atomic mass is 10.1. The van der Waals surface area contributed by atoms with Crippen LogP contribution in [-0.2, 0) is 0 Å². The van der Waals surface area contributed by atoms with Gasteiger partial charge >= 0.3 is 0 Å². The van der Waals surface area contributed by atoms with Gasteiger partial charge in [-0.15, -0.1) is 5.10 Å². The third-order valence-corrected chi connectivity index (χ3v) is 3.01. The van der Waals surface area contributed by atoms with Crippen molar-refractivity contribution in [1.82, 2.24) is 24.2 Å². The molecule has 0 bridgehead atoms. The Morgan fingerprint density at radius 1 is 1.00 bits per heavy atom. The summed E-state index contributed by atoms with van der Waals surface area (Å²) in [5, 5.41) is 10.7. The van der Waals surface area contributed by atoms with Crippen LogP contribution in [0.4, 0.5) is 0 Å². The van der Waals surface area contributed by atoms with Gasteiger partial charge in [-0.3, -0.25) is 5.10 Å². The molecular formula is C8H7N5S. The van der Waals surface area contributed by atoms with Crippen LogP contribution in [0.1, 0.15) is 11.1 Å². The van der Waals surface area contributed by atoms with Crippen molar-refractivity contribution in [3.8, 4) is 0 Å². The average Bonchev–Trinajstić information content (AvgIpc) is 2.82. The minimum absolute atomic E-state index is 0.891. The summed E-state index contributed by atoms with van der Waals surface area (Å²) in [6.45, 7) is 4.00. The highest BCUT2D eigenvalue weighted by Crippen LogP contribution is 2.27. The van der Waals surface area contributed by atoms with E-state index in [1.807, 2.05) is 13.8 Å². The standard InChI is InChI=1S/C8H7N5S/c1-3-5-6(10-13-9-5)4(2)8-7(3)11-14-12-8/h1-2H3,(H,9,10). The minimum atomic E-state index is 0.891. The first-order valence-electron chi connectivity index (χ1n) is 4.21. The molecule has 0 saturated carbocycles. The number of fused-ring (bicyclic) bond motifs is 2. The fourth-order valence-corrected chi connectivity index (χ4v) is 2.31. The first-order chi connectivity index (χ1) is 6.79. The molecule has 1 N–H and O–H groups in total. The predicted octanol–water partition coefficient (Wildman–Crippen LogP) is 1.58. The lowest BCUT2D eigenvalue weighted by molar-refractivity contribution is 0.957. The zero-order valence-corrected chi connectivity index (χ0v) is 8.51. The maximum absolute atomic E-state index is 4.26. The zero-order chi connectivity index (χ0) is 9.71. The summed E-state index contributed by atoms with van der Waals surface area (Å²) in [4.78, 5) is 0. The molecule has 0 aliphatic rings. The second-order valence-electron chi connectivity index (χ2n) is 3.25. The number of rotatable bonds is 0. The summed E-state index contributed by atoms with van der Waals surface area (Å²) in [6, 6.07) is 0. The molecule has 6 heteroatoms. The maximum atomic E-state index is 4.26. The van der Waals surface area contributed by atoms with Crippen molar-refractivity contribution < 1.29 is 0 Å². The van der Waals surface area contributed by atoms with E-state index in [1.54, 1.807) is 0 Å². The first-order valence-corrected chi connectivity index (χ1v) is 4.94. The lowest BCUT2D eigenvalue weighted by Crippen LogP contribution is -1.86. The van der Waals surface area contributed by atoms with Crippen molar-refractivity contribution >= 4 is 33.8 Å². The second-order valence-corrected chi connectivity index (χ2v) is 3.78. The number of hydrogen-bond donors (Lipinski definition) is 1. The topological polar surface area (TPSA) is 67.3 Å². The van der Waals surface area contributed by atoms with Crippen LogP contribution in [0.25, 0.3) is 22.1 Å². The Hall–Kier alpha value is -1.56. The van der Waals surface area contributed by atoms with Gasteiger partial charge in [-0.1, -0.05) is 5.21 Å². The summed E-state index contributed by atoms with van der Waals surface area (Å²) in [5.41, 5.74) is 5.85. The van der Waals surface area contributed by atoms with Crippen LogP contribution in [0.15, 0.2) is 0 Å². The average molecular weight is 205 g/mol. The fourth-order valence-electron chi connectivity index (χ4n) is 1.66. The van der Waals surface area contributed by atoms with Gasteiger partial charge < -0.3 is 0 Å². The molecule has 0 saturated heterocycles. The van der Waals surface area contributed by atoms with E-state index < -0.39 is 0 Å². The highest BCUT2D eigenvalue weighted by molar-refractivity contribution is 7.00. The number of aryl methyl sites for hydroxylation is 2. The number of nitrogens with one attached hydrogen (secondary N) is 1. The Labute approximate surface area is 83.5 Å². The van der Waals surface area contributed by atoms with E-state index in [0.29, 0.717) is 0 Å². The number of nitrogens with zero attached hydrogens (tertiary/aromatic N) is 4. The summed E-state index contributed by atoms with van der Waals surface area (Å²) >= 11 is 1.23. The molecule has 3 aromatic rings. The van der Waals surface area contributed by atoms with Crippen molar-refractivity contribution in [1.29, 1.82) is 0 Å². The molecule has 0 fully saturated rings. The fraction of sp³-hybridized carbons (Fsp3) is 0.250. The van der Waals surface area contributed by atoms with Gasteiger partial charge in [-0.2, -0.15) is 8.75 Å². The molecule has 0 aliphatic heterocycles. The van der Waals surface area contributed by atoms with Crippen molar-refractivity contribution in [2.24, 2.45) is 0 Å². The van der Waals surface area contributed by atoms with E-state index in [4.69, 9.17) is 0 Å². The smallest absolute Gasteiger partial charge is 0.118 e. The summed E-state index contributed by atoms with van der Waals surface area (Å²) in [5.74, 6) is 0. The minimum Gasteiger partial charge on any atom is -0.257 e. The number of aromatic amines is 1. The van der Waals surface area contributed by atoms with Gasteiger partial charge in [0.2, 0.25) is 0 Å². The van der Waals surface area contributed by atoms with Crippen LogP contribution in [-0.4, -0.2) is 24.2 Å². The molecule has 0 spiro atoms. The second kappa shape index (κ2) is 2.48. The van der Waals surface area contributed by atoms with Gasteiger partial charge in [0.15, 0.2) is 0 Å². The number of hydrogen-bond acceptors (Lipinski definition) is 5. The lowest BCUT2D eigenvalue weighted by Gasteiger charge is -1.98. The van der Waals surface area contributed by atoms with Crippen molar-refractivity contribution in [2.45, 2.75) is 13.8 Å². The van der Waals surface area contributed by atoms with Gasteiger partial charge in [-0.05, 0) is 13.8 Å². The molecule has 0 radical (unpaired) electrons. The van der Waals surface area contributed by atoms with Crippen LogP contribution in [0, 0.1) is 13.8 Å². The Morgan fingerprint density at radius 2 is 1.71 bits per heavy atom. The van der Waals surface area contributed by atoms with E-state index in [9.17, 15) is 0 Å². The van der Waals surface area contributed by atoms with Gasteiger partial charge in [0.25, 0.3) is 0 Å². The molecule has 3 rings (SSSR count). The molecule has 0 atom stereocenters. The molecule has 2 aromatic heterocycles.